The number of amides is 1. The zero-order chi connectivity index (χ0) is 13.0. The van der Waals surface area contributed by atoms with E-state index in [-0.39, 0.29) is 24.1 Å². The SMILES string of the molecule is O=C(OCc1ccccc1)N1CC(Cl)[C@H](NCl)C1. The molecule has 2 rings (SSSR count). The Morgan fingerprint density at radius 3 is 2.72 bits per heavy atom. The molecule has 0 aromatic heterocycles. The second-order valence-electron chi connectivity index (χ2n) is 4.18. The van der Waals surface area contributed by atoms with Gasteiger partial charge in [0.1, 0.15) is 6.61 Å². The summed E-state index contributed by atoms with van der Waals surface area (Å²) in [5, 5.41) is -0.188. The van der Waals surface area contributed by atoms with Gasteiger partial charge in [-0.3, -0.25) is 0 Å². The molecule has 2 atom stereocenters. The molecule has 0 radical (unpaired) electrons. The lowest BCUT2D eigenvalue weighted by Gasteiger charge is -2.15. The van der Waals surface area contributed by atoms with E-state index in [0.717, 1.165) is 5.56 Å². The van der Waals surface area contributed by atoms with Gasteiger partial charge in [-0.2, -0.15) is 0 Å². The Morgan fingerprint density at radius 2 is 2.11 bits per heavy atom. The van der Waals surface area contributed by atoms with Crippen LogP contribution < -0.4 is 4.84 Å². The number of rotatable bonds is 3. The molecule has 0 bridgehead atoms. The third-order valence-corrected chi connectivity index (χ3v) is 3.57. The van der Waals surface area contributed by atoms with Gasteiger partial charge >= 0.3 is 6.09 Å². The second-order valence-corrected chi connectivity index (χ2v) is 4.96. The molecule has 0 aliphatic carbocycles. The van der Waals surface area contributed by atoms with E-state index in [1.807, 2.05) is 30.3 Å². The molecule has 1 aromatic carbocycles. The number of ether oxygens (including phenoxy) is 1. The summed E-state index contributed by atoms with van der Waals surface area (Å²) >= 11 is 11.6. The molecule has 1 aliphatic rings. The zero-order valence-corrected chi connectivity index (χ0v) is 11.2. The number of hydrogen-bond donors (Lipinski definition) is 1. The molecule has 1 unspecified atom stereocenters. The summed E-state index contributed by atoms with van der Waals surface area (Å²) < 4.78 is 5.21. The van der Waals surface area contributed by atoms with E-state index in [1.54, 1.807) is 4.90 Å². The van der Waals surface area contributed by atoms with Gasteiger partial charge in [0, 0.05) is 13.1 Å². The van der Waals surface area contributed by atoms with Crippen molar-refractivity contribution < 1.29 is 9.53 Å². The van der Waals surface area contributed by atoms with Crippen LogP contribution in [0.3, 0.4) is 0 Å². The van der Waals surface area contributed by atoms with Crippen molar-refractivity contribution in [2.24, 2.45) is 0 Å². The summed E-state index contributed by atoms with van der Waals surface area (Å²) in [4.78, 5) is 15.9. The molecular weight excluding hydrogens is 275 g/mol. The van der Waals surface area contributed by atoms with Crippen LogP contribution in [0.1, 0.15) is 5.56 Å². The number of hydrogen-bond acceptors (Lipinski definition) is 3. The summed E-state index contributed by atoms with van der Waals surface area (Å²) in [5.41, 5.74) is 0.958. The topological polar surface area (TPSA) is 41.6 Å². The van der Waals surface area contributed by atoms with Gasteiger partial charge in [-0.25, -0.2) is 9.63 Å². The van der Waals surface area contributed by atoms with Crippen molar-refractivity contribution in [3.8, 4) is 0 Å². The van der Waals surface area contributed by atoms with Crippen molar-refractivity contribution in [3.63, 3.8) is 0 Å². The Bertz CT molecular complexity index is 402. The third kappa shape index (κ3) is 3.28. The van der Waals surface area contributed by atoms with Crippen molar-refractivity contribution in [3.05, 3.63) is 35.9 Å². The van der Waals surface area contributed by atoms with E-state index in [0.29, 0.717) is 13.1 Å². The Hall–Kier alpha value is -0.970. The monoisotopic (exact) mass is 288 g/mol. The van der Waals surface area contributed by atoms with Crippen molar-refractivity contribution in [2.75, 3.05) is 13.1 Å². The Balaban J connectivity index is 1.82. The van der Waals surface area contributed by atoms with Crippen LogP contribution in [0, 0.1) is 0 Å². The highest BCUT2D eigenvalue weighted by atomic mass is 35.5. The molecule has 1 N–H and O–H groups in total. The van der Waals surface area contributed by atoms with Crippen LogP contribution in [0.4, 0.5) is 4.79 Å². The quantitative estimate of drug-likeness (QED) is 0.686. The van der Waals surface area contributed by atoms with Crippen LogP contribution in [0.15, 0.2) is 30.3 Å². The van der Waals surface area contributed by atoms with Crippen molar-refractivity contribution in [2.45, 2.75) is 18.0 Å². The second kappa shape index (κ2) is 6.27. The average Bonchev–Trinajstić information content (AvgIpc) is 2.78. The zero-order valence-electron chi connectivity index (χ0n) is 9.68. The number of benzene rings is 1. The molecular formula is C12H14Cl2N2O2. The minimum absolute atomic E-state index is 0.0994. The van der Waals surface area contributed by atoms with Crippen LogP contribution >= 0.6 is 23.4 Å². The smallest absolute Gasteiger partial charge is 0.410 e. The van der Waals surface area contributed by atoms with Gasteiger partial charge in [0.2, 0.25) is 0 Å². The maximum Gasteiger partial charge on any atom is 0.410 e. The Kier molecular flexibility index (Phi) is 4.69. The highest BCUT2D eigenvalue weighted by molar-refractivity contribution is 6.22. The van der Waals surface area contributed by atoms with Gasteiger partial charge in [-0.1, -0.05) is 30.3 Å². The number of alkyl halides is 1. The maximum atomic E-state index is 11.8. The number of nitrogens with one attached hydrogen (secondary N) is 1. The third-order valence-electron chi connectivity index (χ3n) is 2.85. The first-order valence-electron chi connectivity index (χ1n) is 5.66. The summed E-state index contributed by atoms with van der Waals surface area (Å²) in [7, 11) is 0. The van der Waals surface area contributed by atoms with E-state index in [2.05, 4.69) is 4.84 Å². The molecule has 4 nitrogen and oxygen atoms in total. The lowest BCUT2D eigenvalue weighted by molar-refractivity contribution is 0.104. The van der Waals surface area contributed by atoms with E-state index in [4.69, 9.17) is 28.1 Å². The molecule has 18 heavy (non-hydrogen) atoms. The normalized spacial score (nSPS) is 23.1. The van der Waals surface area contributed by atoms with Gasteiger partial charge in [-0.15, -0.1) is 11.6 Å². The van der Waals surface area contributed by atoms with Crippen LogP contribution in [-0.4, -0.2) is 35.5 Å². The van der Waals surface area contributed by atoms with E-state index < -0.39 is 0 Å². The highest BCUT2D eigenvalue weighted by Crippen LogP contribution is 2.17. The van der Waals surface area contributed by atoms with Crippen LogP contribution in [0.25, 0.3) is 0 Å². The molecule has 1 fully saturated rings. The van der Waals surface area contributed by atoms with Crippen LogP contribution in [0.2, 0.25) is 0 Å². The van der Waals surface area contributed by atoms with Crippen molar-refractivity contribution in [1.82, 2.24) is 9.74 Å². The van der Waals surface area contributed by atoms with Gasteiger partial charge in [0.05, 0.1) is 11.4 Å². The van der Waals surface area contributed by atoms with E-state index in [9.17, 15) is 4.79 Å². The number of likely N-dealkylation sites (tertiary alicyclic amines) is 1. The standard InChI is InChI=1S/C12H14Cl2N2O2/c13-10-6-16(7-11(10)15-14)12(17)18-8-9-4-2-1-3-5-9/h1-5,10-11,15H,6-8H2/t10?,11-/m1/s1. The van der Waals surface area contributed by atoms with Gasteiger partial charge < -0.3 is 9.64 Å². The highest BCUT2D eigenvalue weighted by Gasteiger charge is 2.34. The molecule has 0 saturated carbocycles. The molecule has 0 spiro atoms. The van der Waals surface area contributed by atoms with Gasteiger partial charge in [-0.05, 0) is 17.3 Å². The summed E-state index contributed by atoms with van der Waals surface area (Å²) in [6, 6.07) is 9.44. The molecule has 98 valence electrons. The Morgan fingerprint density at radius 1 is 1.39 bits per heavy atom. The summed E-state index contributed by atoms with van der Waals surface area (Å²) in [6.45, 7) is 1.17. The summed E-state index contributed by atoms with van der Waals surface area (Å²) in [5.74, 6) is 0. The first kappa shape index (κ1) is 13.5. The molecule has 1 saturated heterocycles. The van der Waals surface area contributed by atoms with E-state index in [1.165, 1.54) is 0 Å². The first-order chi connectivity index (χ1) is 8.70. The number of carbonyl (C=O) groups is 1. The molecule has 1 aromatic rings. The fourth-order valence-corrected chi connectivity index (χ4v) is 2.42. The lowest BCUT2D eigenvalue weighted by Crippen LogP contribution is -2.33. The number of nitrogens with zero attached hydrogens (tertiary/aromatic N) is 1. The average molecular weight is 289 g/mol. The van der Waals surface area contributed by atoms with Crippen molar-refractivity contribution in [1.29, 1.82) is 0 Å². The lowest BCUT2D eigenvalue weighted by atomic mass is 10.2. The van der Waals surface area contributed by atoms with E-state index >= 15 is 0 Å². The fraction of sp³-hybridized carbons (Fsp3) is 0.417. The summed E-state index contributed by atoms with van der Waals surface area (Å²) in [6.07, 6.45) is -0.362. The molecule has 1 amide bonds. The molecule has 1 heterocycles. The molecule has 6 heteroatoms. The van der Waals surface area contributed by atoms with Gasteiger partial charge in [0.25, 0.3) is 0 Å². The van der Waals surface area contributed by atoms with Gasteiger partial charge in [0.15, 0.2) is 0 Å². The van der Waals surface area contributed by atoms with Crippen LogP contribution in [-0.2, 0) is 11.3 Å². The van der Waals surface area contributed by atoms with Crippen LogP contribution in [0.5, 0.6) is 0 Å². The number of carbonyl (C=O) groups excluding carboxylic acids is 1. The first-order valence-corrected chi connectivity index (χ1v) is 6.48. The minimum Gasteiger partial charge on any atom is -0.445 e. The predicted molar refractivity (Wildman–Crippen MR) is 70.6 cm³/mol. The molecule has 1 aliphatic heterocycles. The number of halogens is 2. The largest absolute Gasteiger partial charge is 0.445 e. The Labute approximate surface area is 116 Å². The maximum absolute atomic E-state index is 11.8. The fourth-order valence-electron chi connectivity index (χ4n) is 1.83. The van der Waals surface area contributed by atoms with Crippen molar-refractivity contribution >= 4 is 29.5 Å². The predicted octanol–water partition coefficient (Wildman–Crippen LogP) is 2.36. The minimum atomic E-state index is -0.362.